The lowest BCUT2D eigenvalue weighted by atomic mass is 10.1. The number of carbonyl (C=O) groups is 1. The Bertz CT molecular complexity index is 486. The van der Waals surface area contributed by atoms with Crippen LogP contribution in [0.4, 0.5) is 0 Å². The molecule has 0 aromatic heterocycles. The van der Waals surface area contributed by atoms with Crippen molar-refractivity contribution in [3.8, 4) is 17.2 Å². The van der Waals surface area contributed by atoms with Gasteiger partial charge in [0.25, 0.3) is 0 Å². The SMILES string of the molecule is CCN(CC)C(=O)CNCc1cc2c(cc1O)OCO2. The van der Waals surface area contributed by atoms with E-state index in [9.17, 15) is 9.90 Å². The maximum absolute atomic E-state index is 11.8. The number of rotatable bonds is 6. The first-order valence-corrected chi connectivity index (χ1v) is 6.75. The van der Waals surface area contributed by atoms with Gasteiger partial charge in [0.2, 0.25) is 12.7 Å². The van der Waals surface area contributed by atoms with Gasteiger partial charge in [0.05, 0.1) is 6.54 Å². The highest BCUT2D eigenvalue weighted by Gasteiger charge is 2.17. The van der Waals surface area contributed by atoms with Gasteiger partial charge in [0.15, 0.2) is 11.5 Å². The third kappa shape index (κ3) is 3.14. The van der Waals surface area contributed by atoms with E-state index in [1.165, 1.54) is 6.07 Å². The molecule has 6 heteroatoms. The first-order chi connectivity index (χ1) is 9.65. The summed E-state index contributed by atoms with van der Waals surface area (Å²) < 4.78 is 10.4. The van der Waals surface area contributed by atoms with Crippen molar-refractivity contribution in [1.29, 1.82) is 0 Å². The van der Waals surface area contributed by atoms with Crippen molar-refractivity contribution >= 4 is 5.91 Å². The number of hydrogen-bond acceptors (Lipinski definition) is 5. The second kappa shape index (κ2) is 6.47. The highest BCUT2D eigenvalue weighted by atomic mass is 16.7. The molecule has 0 radical (unpaired) electrons. The number of amides is 1. The first kappa shape index (κ1) is 14.5. The normalized spacial score (nSPS) is 12.5. The maximum Gasteiger partial charge on any atom is 0.236 e. The molecule has 2 rings (SSSR count). The summed E-state index contributed by atoms with van der Waals surface area (Å²) in [5, 5.41) is 12.9. The topological polar surface area (TPSA) is 71.0 Å². The number of nitrogens with zero attached hydrogens (tertiary/aromatic N) is 1. The van der Waals surface area contributed by atoms with Crippen molar-refractivity contribution in [2.75, 3.05) is 26.4 Å². The highest BCUT2D eigenvalue weighted by molar-refractivity contribution is 5.78. The third-order valence-electron chi connectivity index (χ3n) is 3.28. The number of carbonyl (C=O) groups excluding carboxylic acids is 1. The van der Waals surface area contributed by atoms with Gasteiger partial charge in [-0.2, -0.15) is 0 Å². The fourth-order valence-corrected chi connectivity index (χ4v) is 2.11. The molecule has 0 unspecified atom stereocenters. The number of ether oxygens (including phenoxy) is 2. The molecule has 0 bridgehead atoms. The molecule has 1 heterocycles. The second-order valence-corrected chi connectivity index (χ2v) is 4.50. The monoisotopic (exact) mass is 280 g/mol. The van der Waals surface area contributed by atoms with Gasteiger partial charge >= 0.3 is 0 Å². The number of nitrogens with one attached hydrogen (secondary N) is 1. The van der Waals surface area contributed by atoms with Crippen molar-refractivity contribution in [3.05, 3.63) is 17.7 Å². The van der Waals surface area contributed by atoms with Crippen LogP contribution in [0.25, 0.3) is 0 Å². The average molecular weight is 280 g/mol. The molecule has 1 amide bonds. The summed E-state index contributed by atoms with van der Waals surface area (Å²) in [5.41, 5.74) is 0.682. The fourth-order valence-electron chi connectivity index (χ4n) is 2.11. The maximum atomic E-state index is 11.8. The molecular formula is C14H20N2O4. The summed E-state index contributed by atoms with van der Waals surface area (Å²) in [4.78, 5) is 13.6. The minimum absolute atomic E-state index is 0.0511. The van der Waals surface area contributed by atoms with E-state index in [-0.39, 0.29) is 25.0 Å². The number of benzene rings is 1. The Labute approximate surface area is 118 Å². The van der Waals surface area contributed by atoms with Gasteiger partial charge in [-0.15, -0.1) is 0 Å². The average Bonchev–Trinajstić information content (AvgIpc) is 2.87. The van der Waals surface area contributed by atoms with Crippen molar-refractivity contribution in [2.45, 2.75) is 20.4 Å². The number of phenols is 1. The molecular weight excluding hydrogens is 260 g/mol. The summed E-state index contributed by atoms with van der Waals surface area (Å²) in [5.74, 6) is 1.35. The van der Waals surface area contributed by atoms with Crippen LogP contribution in [0.5, 0.6) is 17.2 Å². The Morgan fingerprint density at radius 1 is 1.30 bits per heavy atom. The highest BCUT2D eigenvalue weighted by Crippen LogP contribution is 2.37. The van der Waals surface area contributed by atoms with Crippen molar-refractivity contribution in [3.63, 3.8) is 0 Å². The number of phenolic OH excluding ortho intramolecular Hbond substituents is 1. The van der Waals surface area contributed by atoms with Crippen LogP contribution in [0.1, 0.15) is 19.4 Å². The van der Waals surface area contributed by atoms with E-state index >= 15 is 0 Å². The molecule has 0 atom stereocenters. The molecule has 1 aromatic rings. The Balaban J connectivity index is 1.90. The van der Waals surface area contributed by atoms with Crippen LogP contribution in [-0.2, 0) is 11.3 Å². The van der Waals surface area contributed by atoms with Gasteiger partial charge in [-0.25, -0.2) is 0 Å². The molecule has 0 spiro atoms. The predicted molar refractivity (Wildman–Crippen MR) is 73.9 cm³/mol. The summed E-state index contributed by atoms with van der Waals surface area (Å²) in [6.07, 6.45) is 0. The lowest BCUT2D eigenvalue weighted by Crippen LogP contribution is -2.37. The van der Waals surface area contributed by atoms with E-state index in [4.69, 9.17) is 9.47 Å². The molecule has 0 fully saturated rings. The summed E-state index contributed by atoms with van der Waals surface area (Å²) >= 11 is 0. The van der Waals surface area contributed by atoms with E-state index in [1.54, 1.807) is 11.0 Å². The Morgan fingerprint density at radius 2 is 1.95 bits per heavy atom. The molecule has 20 heavy (non-hydrogen) atoms. The fraction of sp³-hybridized carbons (Fsp3) is 0.500. The Morgan fingerprint density at radius 3 is 2.60 bits per heavy atom. The van der Waals surface area contributed by atoms with Crippen LogP contribution in [0.3, 0.4) is 0 Å². The summed E-state index contributed by atoms with van der Waals surface area (Å²) in [7, 11) is 0. The lowest BCUT2D eigenvalue weighted by molar-refractivity contribution is -0.129. The zero-order valence-corrected chi connectivity index (χ0v) is 11.8. The van der Waals surface area contributed by atoms with E-state index in [0.29, 0.717) is 36.7 Å². The largest absolute Gasteiger partial charge is 0.507 e. The smallest absolute Gasteiger partial charge is 0.236 e. The van der Waals surface area contributed by atoms with E-state index in [0.717, 1.165) is 0 Å². The van der Waals surface area contributed by atoms with Gasteiger partial charge in [0.1, 0.15) is 5.75 Å². The van der Waals surface area contributed by atoms with Crippen LogP contribution in [-0.4, -0.2) is 42.3 Å². The zero-order valence-electron chi connectivity index (χ0n) is 11.8. The van der Waals surface area contributed by atoms with Crippen molar-refractivity contribution < 1.29 is 19.4 Å². The molecule has 1 aliphatic rings. The minimum atomic E-state index is 0.0511. The minimum Gasteiger partial charge on any atom is -0.507 e. The molecule has 1 aliphatic heterocycles. The van der Waals surface area contributed by atoms with Crippen LogP contribution < -0.4 is 14.8 Å². The lowest BCUT2D eigenvalue weighted by Gasteiger charge is -2.18. The van der Waals surface area contributed by atoms with Crippen LogP contribution in [0, 0.1) is 0 Å². The zero-order chi connectivity index (χ0) is 14.5. The van der Waals surface area contributed by atoms with Gasteiger partial charge in [0, 0.05) is 31.3 Å². The molecule has 0 aliphatic carbocycles. The van der Waals surface area contributed by atoms with Gasteiger partial charge in [-0.3, -0.25) is 4.79 Å². The van der Waals surface area contributed by atoms with Gasteiger partial charge in [-0.1, -0.05) is 0 Å². The predicted octanol–water partition coefficient (Wildman–Crippen LogP) is 1.08. The number of aromatic hydroxyl groups is 1. The first-order valence-electron chi connectivity index (χ1n) is 6.75. The Hall–Kier alpha value is -1.95. The van der Waals surface area contributed by atoms with Crippen LogP contribution in [0.15, 0.2) is 12.1 Å². The number of fused-ring (bicyclic) bond motifs is 1. The molecule has 6 nitrogen and oxygen atoms in total. The second-order valence-electron chi connectivity index (χ2n) is 4.50. The van der Waals surface area contributed by atoms with Crippen LogP contribution in [0.2, 0.25) is 0 Å². The number of likely N-dealkylation sites (N-methyl/N-ethyl adjacent to an activating group) is 1. The standard InChI is InChI=1S/C14H20N2O4/c1-3-16(4-2)14(18)8-15-7-10-5-12-13(6-11(10)17)20-9-19-12/h5-6,15,17H,3-4,7-9H2,1-2H3. The molecule has 110 valence electrons. The molecule has 0 saturated carbocycles. The quantitative estimate of drug-likeness (QED) is 0.816. The van der Waals surface area contributed by atoms with Crippen molar-refractivity contribution in [2.24, 2.45) is 0 Å². The van der Waals surface area contributed by atoms with Gasteiger partial charge < -0.3 is 24.8 Å². The number of hydrogen-bond donors (Lipinski definition) is 2. The van der Waals surface area contributed by atoms with Gasteiger partial charge in [-0.05, 0) is 19.9 Å². The van der Waals surface area contributed by atoms with E-state index < -0.39 is 0 Å². The van der Waals surface area contributed by atoms with Crippen molar-refractivity contribution in [1.82, 2.24) is 10.2 Å². The van der Waals surface area contributed by atoms with E-state index in [2.05, 4.69) is 5.32 Å². The Kier molecular flexibility index (Phi) is 4.68. The summed E-state index contributed by atoms with van der Waals surface area (Å²) in [6.45, 7) is 6.12. The molecule has 1 aromatic carbocycles. The molecule has 2 N–H and O–H groups in total. The summed E-state index contributed by atoms with van der Waals surface area (Å²) in [6, 6.07) is 3.26. The van der Waals surface area contributed by atoms with Crippen LogP contribution >= 0.6 is 0 Å². The van der Waals surface area contributed by atoms with E-state index in [1.807, 2.05) is 13.8 Å². The molecule has 0 saturated heterocycles. The third-order valence-corrected chi connectivity index (χ3v) is 3.28.